The number of rotatable bonds is 2. The molecule has 0 N–H and O–H groups in total. The highest BCUT2D eigenvalue weighted by molar-refractivity contribution is 5.59. The van der Waals surface area contributed by atoms with Gasteiger partial charge in [-0.05, 0) is 23.5 Å². The van der Waals surface area contributed by atoms with Crippen LogP contribution in [0.1, 0.15) is 39.0 Å². The minimum absolute atomic E-state index is 0.159. The first-order valence-electron chi connectivity index (χ1n) is 6.42. The Morgan fingerprint density at radius 2 is 1.89 bits per heavy atom. The maximum atomic E-state index is 4.62. The Morgan fingerprint density at radius 1 is 1.11 bits per heavy atom. The van der Waals surface area contributed by atoms with Gasteiger partial charge in [0.1, 0.15) is 0 Å². The summed E-state index contributed by atoms with van der Waals surface area (Å²) in [6.45, 7) is 8.76. The van der Waals surface area contributed by atoms with E-state index in [1.54, 1.807) is 0 Å². The van der Waals surface area contributed by atoms with E-state index >= 15 is 0 Å². The van der Waals surface area contributed by atoms with E-state index in [-0.39, 0.29) is 5.41 Å². The molecular formula is C16H20N2. The Bertz CT molecular complexity index is 539. The molecule has 2 aromatic rings. The summed E-state index contributed by atoms with van der Waals surface area (Å²) in [6.07, 6.45) is 4.58. The molecule has 2 nitrogen and oxygen atoms in total. The van der Waals surface area contributed by atoms with Crippen LogP contribution in [0.4, 0.5) is 0 Å². The summed E-state index contributed by atoms with van der Waals surface area (Å²) in [5, 5.41) is 0. The van der Waals surface area contributed by atoms with Crippen molar-refractivity contribution in [2.45, 2.75) is 39.5 Å². The molecule has 0 aliphatic rings. The molecule has 0 saturated carbocycles. The molecule has 0 amide bonds. The third-order valence-electron chi connectivity index (χ3n) is 3.07. The summed E-state index contributed by atoms with van der Waals surface area (Å²) in [5.74, 6) is 0. The molecule has 0 fully saturated rings. The van der Waals surface area contributed by atoms with Crippen molar-refractivity contribution in [3.8, 4) is 11.3 Å². The van der Waals surface area contributed by atoms with Crippen molar-refractivity contribution in [1.29, 1.82) is 0 Å². The fourth-order valence-corrected chi connectivity index (χ4v) is 1.86. The number of hydrogen-bond acceptors (Lipinski definition) is 2. The molecule has 0 unspecified atom stereocenters. The highest BCUT2D eigenvalue weighted by Crippen LogP contribution is 2.26. The normalized spacial score (nSPS) is 11.6. The van der Waals surface area contributed by atoms with Gasteiger partial charge in [0.05, 0.1) is 17.6 Å². The van der Waals surface area contributed by atoms with Gasteiger partial charge in [-0.2, -0.15) is 0 Å². The van der Waals surface area contributed by atoms with Crippen molar-refractivity contribution in [2.24, 2.45) is 0 Å². The summed E-state index contributed by atoms with van der Waals surface area (Å²) in [4.78, 5) is 8.88. The Hall–Kier alpha value is -1.70. The molecule has 1 aromatic carbocycles. The van der Waals surface area contributed by atoms with Crippen LogP contribution in [0.2, 0.25) is 0 Å². The van der Waals surface area contributed by atoms with Crippen LogP contribution < -0.4 is 0 Å². The van der Waals surface area contributed by atoms with E-state index in [9.17, 15) is 0 Å². The summed E-state index contributed by atoms with van der Waals surface area (Å²) in [6, 6.07) is 8.57. The molecule has 0 aliphatic heterocycles. The summed E-state index contributed by atoms with van der Waals surface area (Å²) >= 11 is 0. The number of benzene rings is 1. The Labute approximate surface area is 109 Å². The first-order chi connectivity index (χ1) is 8.50. The second-order valence-corrected chi connectivity index (χ2v) is 5.58. The monoisotopic (exact) mass is 240 g/mol. The van der Waals surface area contributed by atoms with Crippen LogP contribution in [-0.2, 0) is 11.8 Å². The van der Waals surface area contributed by atoms with Crippen LogP contribution in [0, 0.1) is 0 Å². The van der Waals surface area contributed by atoms with E-state index in [2.05, 4.69) is 61.9 Å². The average Bonchev–Trinajstić information content (AvgIpc) is 2.38. The van der Waals surface area contributed by atoms with E-state index in [1.165, 1.54) is 5.56 Å². The van der Waals surface area contributed by atoms with Crippen LogP contribution in [0.3, 0.4) is 0 Å². The SMILES string of the molecule is CCc1cncc(-c2cccc(C(C)(C)C)c2)n1. The minimum Gasteiger partial charge on any atom is -0.261 e. The van der Waals surface area contributed by atoms with Crippen molar-refractivity contribution in [3.05, 3.63) is 47.9 Å². The lowest BCUT2D eigenvalue weighted by Crippen LogP contribution is -2.10. The Balaban J connectivity index is 2.44. The lowest BCUT2D eigenvalue weighted by Gasteiger charge is -2.19. The van der Waals surface area contributed by atoms with Crippen molar-refractivity contribution >= 4 is 0 Å². The van der Waals surface area contributed by atoms with Crippen LogP contribution in [0.5, 0.6) is 0 Å². The van der Waals surface area contributed by atoms with Crippen molar-refractivity contribution in [1.82, 2.24) is 9.97 Å². The van der Waals surface area contributed by atoms with Crippen molar-refractivity contribution < 1.29 is 0 Å². The standard InChI is InChI=1S/C16H20N2/c1-5-14-10-17-11-15(18-14)12-7-6-8-13(9-12)16(2,3)4/h6-11H,5H2,1-4H3. The Kier molecular flexibility index (Phi) is 3.46. The van der Waals surface area contributed by atoms with E-state index in [4.69, 9.17) is 0 Å². The molecule has 0 spiro atoms. The number of aromatic nitrogens is 2. The highest BCUT2D eigenvalue weighted by Gasteiger charge is 2.14. The molecule has 2 heteroatoms. The smallest absolute Gasteiger partial charge is 0.0888 e. The summed E-state index contributed by atoms with van der Waals surface area (Å²) in [7, 11) is 0. The molecule has 2 rings (SSSR count). The third-order valence-corrected chi connectivity index (χ3v) is 3.07. The van der Waals surface area contributed by atoms with Crippen molar-refractivity contribution in [2.75, 3.05) is 0 Å². The van der Waals surface area contributed by atoms with Gasteiger partial charge in [0.2, 0.25) is 0 Å². The fraction of sp³-hybridized carbons (Fsp3) is 0.375. The number of nitrogens with zero attached hydrogens (tertiary/aromatic N) is 2. The van der Waals surface area contributed by atoms with Gasteiger partial charge in [0.15, 0.2) is 0 Å². The van der Waals surface area contributed by atoms with E-state index in [1.807, 2.05) is 12.4 Å². The molecule has 0 aliphatic carbocycles. The van der Waals surface area contributed by atoms with Gasteiger partial charge in [-0.1, -0.05) is 45.9 Å². The lowest BCUT2D eigenvalue weighted by molar-refractivity contribution is 0.590. The topological polar surface area (TPSA) is 25.8 Å². The second-order valence-electron chi connectivity index (χ2n) is 5.58. The van der Waals surface area contributed by atoms with Crippen LogP contribution >= 0.6 is 0 Å². The zero-order chi connectivity index (χ0) is 13.2. The zero-order valence-electron chi connectivity index (χ0n) is 11.6. The Morgan fingerprint density at radius 3 is 2.56 bits per heavy atom. The minimum atomic E-state index is 0.159. The number of hydrogen-bond donors (Lipinski definition) is 0. The molecule has 18 heavy (non-hydrogen) atoms. The highest BCUT2D eigenvalue weighted by atomic mass is 14.8. The van der Waals surface area contributed by atoms with Gasteiger partial charge in [-0.15, -0.1) is 0 Å². The fourth-order valence-electron chi connectivity index (χ4n) is 1.86. The molecule has 1 aromatic heterocycles. The average molecular weight is 240 g/mol. The zero-order valence-corrected chi connectivity index (χ0v) is 11.6. The quantitative estimate of drug-likeness (QED) is 0.792. The largest absolute Gasteiger partial charge is 0.261 e. The lowest BCUT2D eigenvalue weighted by atomic mass is 9.86. The first kappa shape index (κ1) is 12.7. The predicted octanol–water partition coefficient (Wildman–Crippen LogP) is 4.00. The molecular weight excluding hydrogens is 220 g/mol. The molecule has 94 valence electrons. The van der Waals surface area contributed by atoms with Gasteiger partial charge in [0, 0.05) is 11.8 Å². The van der Waals surface area contributed by atoms with Gasteiger partial charge in [-0.25, -0.2) is 4.98 Å². The van der Waals surface area contributed by atoms with Crippen LogP contribution in [0.25, 0.3) is 11.3 Å². The van der Waals surface area contributed by atoms with Crippen LogP contribution in [0.15, 0.2) is 36.7 Å². The van der Waals surface area contributed by atoms with Crippen molar-refractivity contribution in [3.63, 3.8) is 0 Å². The van der Waals surface area contributed by atoms with E-state index in [0.717, 1.165) is 23.4 Å². The molecule has 1 heterocycles. The van der Waals surface area contributed by atoms with E-state index < -0.39 is 0 Å². The molecule has 0 bridgehead atoms. The predicted molar refractivity (Wildman–Crippen MR) is 75.5 cm³/mol. The van der Waals surface area contributed by atoms with Gasteiger partial charge in [-0.3, -0.25) is 4.98 Å². The number of aryl methyl sites for hydroxylation is 1. The van der Waals surface area contributed by atoms with E-state index in [0.29, 0.717) is 0 Å². The van der Waals surface area contributed by atoms with Gasteiger partial charge < -0.3 is 0 Å². The summed E-state index contributed by atoms with van der Waals surface area (Å²) < 4.78 is 0. The third kappa shape index (κ3) is 2.76. The second kappa shape index (κ2) is 4.89. The molecule has 0 atom stereocenters. The first-order valence-corrected chi connectivity index (χ1v) is 6.42. The maximum Gasteiger partial charge on any atom is 0.0888 e. The van der Waals surface area contributed by atoms with Crippen LogP contribution in [-0.4, -0.2) is 9.97 Å². The summed E-state index contributed by atoms with van der Waals surface area (Å²) in [5.41, 5.74) is 4.62. The molecule has 0 saturated heterocycles. The van der Waals surface area contributed by atoms with Gasteiger partial charge >= 0.3 is 0 Å². The van der Waals surface area contributed by atoms with Gasteiger partial charge in [0.25, 0.3) is 0 Å². The maximum absolute atomic E-state index is 4.62. The molecule has 0 radical (unpaired) electrons.